The topological polar surface area (TPSA) is 70.2 Å². The van der Waals surface area contributed by atoms with E-state index in [1.165, 1.54) is 12.1 Å². The van der Waals surface area contributed by atoms with Gasteiger partial charge in [-0.05, 0) is 44.7 Å². The lowest BCUT2D eigenvalue weighted by molar-refractivity contribution is 0.0922. The molecular formula is C20H26FN5O. The van der Waals surface area contributed by atoms with Gasteiger partial charge in [-0.15, -0.1) is 0 Å². The molecule has 0 radical (unpaired) electrons. The summed E-state index contributed by atoms with van der Waals surface area (Å²) in [6, 6.07) is 8.39. The molecule has 27 heavy (non-hydrogen) atoms. The van der Waals surface area contributed by atoms with Crippen LogP contribution in [0.1, 0.15) is 41.9 Å². The standard InChI is InChI=1S/C20H26FN5O/c1-13-22-18(12-19(23-13)26(2)3)24-14-8-10-15(11-9-14)25-20(27)16-6-4-5-7-17(16)21/h4-7,12,14-15H,8-11H2,1-3H3,(H,25,27)(H,22,23,24). The molecule has 7 heteroatoms. The Bertz CT molecular complexity index is 803. The highest BCUT2D eigenvalue weighted by Gasteiger charge is 2.24. The molecule has 1 aromatic heterocycles. The number of halogens is 1. The second kappa shape index (κ2) is 8.33. The number of nitrogens with zero attached hydrogens (tertiary/aromatic N) is 3. The van der Waals surface area contributed by atoms with E-state index in [9.17, 15) is 9.18 Å². The van der Waals surface area contributed by atoms with E-state index in [4.69, 9.17) is 0 Å². The first-order valence-electron chi connectivity index (χ1n) is 9.27. The summed E-state index contributed by atoms with van der Waals surface area (Å²) in [4.78, 5) is 23.1. The molecule has 1 fully saturated rings. The zero-order valence-corrected chi connectivity index (χ0v) is 16.0. The van der Waals surface area contributed by atoms with Gasteiger partial charge in [0.1, 0.15) is 23.3 Å². The molecule has 1 aromatic carbocycles. The third kappa shape index (κ3) is 4.93. The van der Waals surface area contributed by atoms with Crippen LogP contribution in [0.5, 0.6) is 0 Å². The summed E-state index contributed by atoms with van der Waals surface area (Å²) >= 11 is 0. The SMILES string of the molecule is Cc1nc(NC2CCC(NC(=O)c3ccccc3F)CC2)cc(N(C)C)n1. The van der Waals surface area contributed by atoms with E-state index in [1.807, 2.05) is 32.0 Å². The molecule has 3 rings (SSSR count). The summed E-state index contributed by atoms with van der Waals surface area (Å²) in [5, 5.41) is 6.44. The number of anilines is 2. The predicted molar refractivity (Wildman–Crippen MR) is 105 cm³/mol. The largest absolute Gasteiger partial charge is 0.367 e. The zero-order chi connectivity index (χ0) is 19.4. The van der Waals surface area contributed by atoms with Crippen molar-refractivity contribution < 1.29 is 9.18 Å². The molecule has 144 valence electrons. The number of aryl methyl sites for hydroxylation is 1. The number of rotatable bonds is 5. The van der Waals surface area contributed by atoms with Gasteiger partial charge in [0.2, 0.25) is 0 Å². The quantitative estimate of drug-likeness (QED) is 0.845. The van der Waals surface area contributed by atoms with Gasteiger partial charge in [-0.2, -0.15) is 0 Å². The van der Waals surface area contributed by atoms with Crippen molar-refractivity contribution in [1.82, 2.24) is 15.3 Å². The summed E-state index contributed by atoms with van der Waals surface area (Å²) in [7, 11) is 3.91. The van der Waals surface area contributed by atoms with Gasteiger partial charge in [-0.1, -0.05) is 12.1 Å². The minimum atomic E-state index is -0.485. The number of hydrogen-bond acceptors (Lipinski definition) is 5. The maximum atomic E-state index is 13.7. The van der Waals surface area contributed by atoms with Gasteiger partial charge in [0.25, 0.3) is 5.91 Å². The van der Waals surface area contributed by atoms with Crippen molar-refractivity contribution >= 4 is 17.5 Å². The second-order valence-electron chi connectivity index (χ2n) is 7.20. The third-order valence-electron chi connectivity index (χ3n) is 4.82. The van der Waals surface area contributed by atoms with E-state index >= 15 is 0 Å². The van der Waals surface area contributed by atoms with Crippen molar-refractivity contribution in [3.05, 3.63) is 47.5 Å². The minimum absolute atomic E-state index is 0.0691. The van der Waals surface area contributed by atoms with Crippen LogP contribution in [0.2, 0.25) is 0 Å². The van der Waals surface area contributed by atoms with E-state index in [0.29, 0.717) is 6.04 Å². The minimum Gasteiger partial charge on any atom is -0.367 e. The Kier molecular flexibility index (Phi) is 5.88. The van der Waals surface area contributed by atoms with E-state index in [2.05, 4.69) is 20.6 Å². The van der Waals surface area contributed by atoms with Crippen LogP contribution in [-0.2, 0) is 0 Å². The number of carbonyl (C=O) groups excluding carboxylic acids is 1. The molecule has 0 saturated heterocycles. The fourth-order valence-electron chi connectivity index (χ4n) is 3.35. The van der Waals surface area contributed by atoms with Gasteiger partial charge in [-0.25, -0.2) is 14.4 Å². The van der Waals surface area contributed by atoms with Gasteiger partial charge >= 0.3 is 0 Å². The highest BCUT2D eigenvalue weighted by Crippen LogP contribution is 2.23. The molecule has 0 aliphatic heterocycles. The highest BCUT2D eigenvalue weighted by atomic mass is 19.1. The Morgan fingerprint density at radius 1 is 1.11 bits per heavy atom. The van der Waals surface area contributed by atoms with Gasteiger partial charge in [0.15, 0.2) is 0 Å². The second-order valence-corrected chi connectivity index (χ2v) is 7.20. The fraction of sp³-hybridized carbons (Fsp3) is 0.450. The molecule has 2 N–H and O–H groups in total. The monoisotopic (exact) mass is 371 g/mol. The number of aromatic nitrogens is 2. The van der Waals surface area contributed by atoms with Crippen LogP contribution in [-0.4, -0.2) is 42.1 Å². The van der Waals surface area contributed by atoms with Crippen molar-refractivity contribution in [3.8, 4) is 0 Å². The fourth-order valence-corrected chi connectivity index (χ4v) is 3.35. The van der Waals surface area contributed by atoms with Crippen molar-refractivity contribution in [2.75, 3.05) is 24.3 Å². The smallest absolute Gasteiger partial charge is 0.254 e. The van der Waals surface area contributed by atoms with E-state index < -0.39 is 5.82 Å². The Labute approximate surface area is 159 Å². The molecule has 6 nitrogen and oxygen atoms in total. The van der Waals surface area contributed by atoms with Crippen LogP contribution < -0.4 is 15.5 Å². The van der Waals surface area contributed by atoms with Gasteiger partial charge in [-0.3, -0.25) is 4.79 Å². The first-order valence-corrected chi connectivity index (χ1v) is 9.27. The molecule has 0 spiro atoms. The van der Waals surface area contributed by atoms with E-state index in [1.54, 1.807) is 12.1 Å². The van der Waals surface area contributed by atoms with Crippen LogP contribution in [0.25, 0.3) is 0 Å². The Hall–Kier alpha value is -2.70. The first-order chi connectivity index (χ1) is 12.9. The lowest BCUT2D eigenvalue weighted by Crippen LogP contribution is -2.40. The third-order valence-corrected chi connectivity index (χ3v) is 4.82. The average molecular weight is 371 g/mol. The van der Waals surface area contributed by atoms with Crippen molar-refractivity contribution in [1.29, 1.82) is 0 Å². The van der Waals surface area contributed by atoms with Gasteiger partial charge in [0.05, 0.1) is 5.56 Å². The summed E-state index contributed by atoms with van der Waals surface area (Å²) < 4.78 is 13.7. The molecule has 1 aliphatic carbocycles. The van der Waals surface area contributed by atoms with Crippen LogP contribution in [0.4, 0.5) is 16.0 Å². The lowest BCUT2D eigenvalue weighted by atomic mass is 9.91. The van der Waals surface area contributed by atoms with E-state index in [-0.39, 0.29) is 17.5 Å². The maximum Gasteiger partial charge on any atom is 0.254 e. The van der Waals surface area contributed by atoms with Crippen LogP contribution in [0, 0.1) is 12.7 Å². The summed E-state index contributed by atoms with van der Waals surface area (Å²) in [6.07, 6.45) is 3.54. The Balaban J connectivity index is 1.53. The van der Waals surface area contributed by atoms with Crippen LogP contribution in [0.3, 0.4) is 0 Å². The maximum absolute atomic E-state index is 13.7. The van der Waals surface area contributed by atoms with Crippen molar-refractivity contribution in [2.45, 2.75) is 44.7 Å². The van der Waals surface area contributed by atoms with Crippen molar-refractivity contribution in [3.63, 3.8) is 0 Å². The van der Waals surface area contributed by atoms with Crippen molar-refractivity contribution in [2.24, 2.45) is 0 Å². The number of nitrogens with one attached hydrogen (secondary N) is 2. The normalized spacial score (nSPS) is 19.4. The number of carbonyl (C=O) groups is 1. The first kappa shape index (κ1) is 19.1. The van der Waals surface area contributed by atoms with Crippen LogP contribution >= 0.6 is 0 Å². The highest BCUT2D eigenvalue weighted by molar-refractivity contribution is 5.94. The Morgan fingerprint density at radius 2 is 1.78 bits per heavy atom. The summed E-state index contributed by atoms with van der Waals surface area (Å²) in [5.74, 6) is 1.60. The molecule has 1 heterocycles. The van der Waals surface area contributed by atoms with Gasteiger partial charge < -0.3 is 15.5 Å². The molecule has 0 atom stereocenters. The number of benzene rings is 1. The predicted octanol–water partition coefficient (Wildman–Crippen LogP) is 3.14. The van der Waals surface area contributed by atoms with Crippen LogP contribution in [0.15, 0.2) is 30.3 Å². The average Bonchev–Trinajstić information content (AvgIpc) is 2.63. The summed E-state index contributed by atoms with van der Waals surface area (Å²) in [5.41, 5.74) is 0.102. The number of hydrogen-bond donors (Lipinski definition) is 2. The molecular weight excluding hydrogens is 345 g/mol. The molecule has 2 aromatic rings. The lowest BCUT2D eigenvalue weighted by Gasteiger charge is -2.30. The van der Waals surface area contributed by atoms with Gasteiger partial charge in [0, 0.05) is 32.2 Å². The molecule has 1 amide bonds. The molecule has 1 saturated carbocycles. The number of amides is 1. The molecule has 0 bridgehead atoms. The Morgan fingerprint density at radius 3 is 2.44 bits per heavy atom. The summed E-state index contributed by atoms with van der Waals surface area (Å²) in [6.45, 7) is 1.88. The zero-order valence-electron chi connectivity index (χ0n) is 16.0. The molecule has 0 unspecified atom stereocenters. The van der Waals surface area contributed by atoms with E-state index in [0.717, 1.165) is 43.1 Å². The molecule has 1 aliphatic rings.